The predicted octanol–water partition coefficient (Wildman–Crippen LogP) is 3.51. The molecule has 1 aliphatic heterocycles. The number of amides is 1. The number of aromatic nitrogens is 2. The summed E-state index contributed by atoms with van der Waals surface area (Å²) in [4.78, 5) is 25.6. The van der Waals surface area contributed by atoms with Gasteiger partial charge in [-0.1, -0.05) is 0 Å². The Morgan fingerprint density at radius 1 is 1.03 bits per heavy atom. The second kappa shape index (κ2) is 7.43. The van der Waals surface area contributed by atoms with Crippen LogP contribution in [-0.4, -0.2) is 35.7 Å². The van der Waals surface area contributed by atoms with Crippen LogP contribution in [0.25, 0.3) is 5.69 Å². The van der Waals surface area contributed by atoms with Gasteiger partial charge in [-0.15, -0.1) is 0 Å². The molecule has 7 nitrogen and oxygen atoms in total. The lowest BCUT2D eigenvalue weighted by atomic mass is 9.85. The van der Waals surface area contributed by atoms with E-state index in [1.54, 1.807) is 43.2 Å². The molecule has 0 saturated heterocycles. The largest absolute Gasteiger partial charge is 0.497 e. The van der Waals surface area contributed by atoms with Crippen molar-refractivity contribution in [3.05, 3.63) is 65.4 Å². The van der Waals surface area contributed by atoms with Gasteiger partial charge in [-0.05, 0) is 55.5 Å². The molecule has 1 aromatic heterocycles. The third kappa shape index (κ3) is 3.35. The zero-order valence-electron chi connectivity index (χ0n) is 16.4. The molecule has 29 heavy (non-hydrogen) atoms. The van der Waals surface area contributed by atoms with E-state index >= 15 is 0 Å². The fourth-order valence-corrected chi connectivity index (χ4v) is 3.64. The minimum atomic E-state index is -0.584. The number of nitrogens with zero attached hydrogens (tertiary/aromatic N) is 2. The molecule has 0 fully saturated rings. The maximum absolute atomic E-state index is 13.2. The van der Waals surface area contributed by atoms with Gasteiger partial charge in [-0.3, -0.25) is 9.59 Å². The minimum absolute atomic E-state index is 0.0903. The molecule has 1 N–H and O–H groups in total. The molecule has 148 valence electrons. The maximum atomic E-state index is 13.2. The first-order valence-corrected chi connectivity index (χ1v) is 9.24. The van der Waals surface area contributed by atoms with Crippen molar-refractivity contribution in [3.8, 4) is 17.2 Å². The number of ketones is 1. The number of aryl methyl sites for hydroxylation is 1. The highest BCUT2D eigenvalue weighted by Gasteiger charge is 2.36. The van der Waals surface area contributed by atoms with Crippen LogP contribution in [0.3, 0.4) is 0 Å². The van der Waals surface area contributed by atoms with Crippen LogP contribution in [0.1, 0.15) is 34.0 Å². The van der Waals surface area contributed by atoms with Gasteiger partial charge in [-0.2, -0.15) is 5.10 Å². The molecule has 0 bridgehead atoms. The highest BCUT2D eigenvalue weighted by atomic mass is 16.5. The summed E-state index contributed by atoms with van der Waals surface area (Å²) < 4.78 is 12.0. The number of ether oxygens (including phenoxy) is 2. The predicted molar refractivity (Wildman–Crippen MR) is 108 cm³/mol. The lowest BCUT2D eigenvalue weighted by Crippen LogP contribution is -2.28. The summed E-state index contributed by atoms with van der Waals surface area (Å²) in [5.41, 5.74) is 2.77. The molecule has 7 heteroatoms. The van der Waals surface area contributed by atoms with E-state index in [-0.39, 0.29) is 18.1 Å². The maximum Gasteiger partial charge on any atom is 0.226 e. The van der Waals surface area contributed by atoms with Gasteiger partial charge in [-0.25, -0.2) is 4.68 Å². The van der Waals surface area contributed by atoms with Gasteiger partial charge in [0.2, 0.25) is 5.91 Å². The number of hydrogen-bond acceptors (Lipinski definition) is 5. The Labute approximate surface area is 168 Å². The Morgan fingerprint density at radius 3 is 2.21 bits per heavy atom. The Balaban J connectivity index is 1.75. The Morgan fingerprint density at radius 2 is 1.62 bits per heavy atom. The van der Waals surface area contributed by atoms with Crippen molar-refractivity contribution in [2.45, 2.75) is 19.3 Å². The third-order valence-corrected chi connectivity index (χ3v) is 5.11. The summed E-state index contributed by atoms with van der Waals surface area (Å²) in [5.74, 6) is 1.03. The fourth-order valence-electron chi connectivity index (χ4n) is 3.64. The van der Waals surface area contributed by atoms with Crippen LogP contribution >= 0.6 is 0 Å². The number of methoxy groups -OCH3 is 2. The smallest absolute Gasteiger partial charge is 0.226 e. The topological polar surface area (TPSA) is 82.5 Å². The van der Waals surface area contributed by atoms with Crippen molar-refractivity contribution >= 4 is 17.5 Å². The van der Waals surface area contributed by atoms with Crippen LogP contribution < -0.4 is 14.8 Å². The highest BCUT2D eigenvalue weighted by molar-refractivity contribution is 6.08. The Hall–Kier alpha value is -3.61. The molecule has 0 saturated carbocycles. The van der Waals surface area contributed by atoms with Crippen LogP contribution in [0.5, 0.6) is 11.5 Å². The zero-order chi connectivity index (χ0) is 20.5. The standard InChI is InChI=1S/C22H21N3O4/c1-13-20-18(21(27)14-4-8-16(28-2)9-5-14)12-19(26)23-22(20)25(24-13)15-6-10-17(29-3)11-7-15/h4-11,18H,12H2,1-3H3,(H,23,26). The number of carbonyl (C=O) groups excluding carboxylic acids is 2. The van der Waals surface area contributed by atoms with Gasteiger partial charge in [0.05, 0.1) is 31.5 Å². The minimum Gasteiger partial charge on any atom is -0.497 e. The number of carbonyl (C=O) groups is 2. The Kier molecular flexibility index (Phi) is 4.80. The van der Waals surface area contributed by atoms with Gasteiger partial charge in [0, 0.05) is 17.5 Å². The first kappa shape index (κ1) is 18.7. The number of anilines is 1. The summed E-state index contributed by atoms with van der Waals surface area (Å²) >= 11 is 0. The summed E-state index contributed by atoms with van der Waals surface area (Å²) in [6.45, 7) is 1.85. The molecule has 1 aliphatic rings. The molecule has 1 atom stereocenters. The van der Waals surface area contributed by atoms with Crippen LogP contribution in [0.4, 0.5) is 5.82 Å². The van der Waals surface area contributed by atoms with E-state index in [9.17, 15) is 9.59 Å². The van der Waals surface area contributed by atoms with Crippen molar-refractivity contribution in [3.63, 3.8) is 0 Å². The van der Waals surface area contributed by atoms with E-state index in [0.717, 1.165) is 17.0 Å². The van der Waals surface area contributed by atoms with Crippen molar-refractivity contribution in [2.24, 2.45) is 0 Å². The van der Waals surface area contributed by atoms with Gasteiger partial charge in [0.25, 0.3) is 0 Å². The van der Waals surface area contributed by atoms with Crippen LogP contribution in [-0.2, 0) is 4.79 Å². The highest BCUT2D eigenvalue weighted by Crippen LogP contribution is 2.38. The average molecular weight is 391 g/mol. The van der Waals surface area contributed by atoms with Crippen LogP contribution in [0.2, 0.25) is 0 Å². The number of benzene rings is 2. The molecular weight excluding hydrogens is 370 g/mol. The van der Waals surface area contributed by atoms with Gasteiger partial charge >= 0.3 is 0 Å². The summed E-state index contributed by atoms with van der Waals surface area (Å²) in [6.07, 6.45) is 0.0903. The molecule has 0 radical (unpaired) electrons. The number of nitrogens with one attached hydrogen (secondary N) is 1. The molecule has 2 aromatic carbocycles. The number of hydrogen-bond donors (Lipinski definition) is 1. The third-order valence-electron chi connectivity index (χ3n) is 5.11. The SMILES string of the molecule is COc1ccc(C(=O)C2CC(=O)Nc3c2c(C)nn3-c2ccc(OC)cc2)cc1. The van der Waals surface area contributed by atoms with Gasteiger partial charge in [0.1, 0.15) is 17.3 Å². The van der Waals surface area contributed by atoms with Gasteiger partial charge < -0.3 is 14.8 Å². The molecule has 1 amide bonds. The number of Topliss-reactive ketones (excluding diaryl/α,β-unsaturated/α-hetero) is 1. The normalized spacial score (nSPS) is 15.4. The monoisotopic (exact) mass is 391 g/mol. The summed E-state index contributed by atoms with van der Waals surface area (Å²) in [5, 5.41) is 7.48. The zero-order valence-corrected chi connectivity index (χ0v) is 16.4. The number of rotatable bonds is 5. The van der Waals surface area contributed by atoms with Crippen molar-refractivity contribution in [1.82, 2.24) is 9.78 Å². The van der Waals surface area contributed by atoms with E-state index in [1.165, 1.54) is 0 Å². The van der Waals surface area contributed by atoms with Crippen molar-refractivity contribution in [2.75, 3.05) is 19.5 Å². The lowest BCUT2D eigenvalue weighted by molar-refractivity contribution is -0.116. The second-order valence-corrected chi connectivity index (χ2v) is 6.86. The Bertz CT molecular complexity index is 1070. The van der Waals surface area contributed by atoms with Crippen molar-refractivity contribution < 1.29 is 19.1 Å². The quantitative estimate of drug-likeness (QED) is 0.673. The van der Waals surface area contributed by atoms with Crippen LogP contribution in [0.15, 0.2) is 48.5 Å². The van der Waals surface area contributed by atoms with Gasteiger partial charge in [0.15, 0.2) is 5.78 Å². The first-order valence-electron chi connectivity index (χ1n) is 9.24. The molecule has 4 rings (SSSR count). The van der Waals surface area contributed by atoms with E-state index < -0.39 is 5.92 Å². The first-order chi connectivity index (χ1) is 14.0. The lowest BCUT2D eigenvalue weighted by Gasteiger charge is -2.23. The van der Waals surface area contributed by atoms with Crippen LogP contribution in [0, 0.1) is 6.92 Å². The van der Waals surface area contributed by atoms with Crippen molar-refractivity contribution in [1.29, 1.82) is 0 Å². The fraction of sp³-hybridized carbons (Fsp3) is 0.227. The molecular formula is C22H21N3O4. The molecule has 0 spiro atoms. The summed E-state index contributed by atoms with van der Waals surface area (Å²) in [6, 6.07) is 14.3. The summed E-state index contributed by atoms with van der Waals surface area (Å²) in [7, 11) is 3.18. The molecule has 2 heterocycles. The molecule has 1 unspecified atom stereocenters. The molecule has 0 aliphatic carbocycles. The molecule has 3 aromatic rings. The van der Waals surface area contributed by atoms with E-state index in [2.05, 4.69) is 10.4 Å². The van der Waals surface area contributed by atoms with E-state index in [0.29, 0.717) is 22.8 Å². The average Bonchev–Trinajstić information content (AvgIpc) is 3.09. The second-order valence-electron chi connectivity index (χ2n) is 6.86. The van der Waals surface area contributed by atoms with E-state index in [4.69, 9.17) is 9.47 Å². The number of fused-ring (bicyclic) bond motifs is 1. The van der Waals surface area contributed by atoms with E-state index in [1.807, 2.05) is 31.2 Å².